The molecule has 1 N–H and O–H groups in total. The van der Waals surface area contributed by atoms with E-state index in [4.69, 9.17) is 39.5 Å². The SMILES string of the molecule is Cc1c(NC(=O)OCC(Cl)(Cl)Cl)cc(-n2cccn2)cc1C(C)(C)C. The number of nitrogens with zero attached hydrogens (tertiary/aromatic N) is 2. The minimum atomic E-state index is -1.65. The van der Waals surface area contributed by atoms with Crippen molar-refractivity contribution in [1.82, 2.24) is 9.78 Å². The summed E-state index contributed by atoms with van der Waals surface area (Å²) in [5.41, 5.74) is 3.35. The van der Waals surface area contributed by atoms with Crippen molar-refractivity contribution in [2.24, 2.45) is 0 Å². The Labute approximate surface area is 162 Å². The Morgan fingerprint density at radius 3 is 2.48 bits per heavy atom. The molecule has 0 saturated carbocycles. The van der Waals surface area contributed by atoms with Gasteiger partial charge < -0.3 is 4.74 Å². The van der Waals surface area contributed by atoms with Gasteiger partial charge in [0.15, 0.2) is 0 Å². The molecule has 8 heteroatoms. The number of rotatable bonds is 3. The van der Waals surface area contributed by atoms with Gasteiger partial charge >= 0.3 is 6.09 Å². The molecular formula is C17H20Cl3N3O2. The van der Waals surface area contributed by atoms with E-state index in [9.17, 15) is 4.79 Å². The van der Waals surface area contributed by atoms with Crippen molar-refractivity contribution in [2.75, 3.05) is 11.9 Å². The maximum atomic E-state index is 12.0. The van der Waals surface area contributed by atoms with Crippen LogP contribution in [-0.4, -0.2) is 26.3 Å². The Morgan fingerprint density at radius 1 is 1.28 bits per heavy atom. The van der Waals surface area contributed by atoms with Gasteiger partial charge in [0.25, 0.3) is 0 Å². The normalized spacial score (nSPS) is 12.1. The van der Waals surface area contributed by atoms with Crippen molar-refractivity contribution in [1.29, 1.82) is 0 Å². The second-order valence-electron chi connectivity index (χ2n) is 6.68. The minimum Gasteiger partial charge on any atom is -0.445 e. The number of aromatic nitrogens is 2. The van der Waals surface area contributed by atoms with Crippen molar-refractivity contribution in [3.63, 3.8) is 0 Å². The van der Waals surface area contributed by atoms with E-state index >= 15 is 0 Å². The van der Waals surface area contributed by atoms with E-state index in [1.807, 2.05) is 25.3 Å². The summed E-state index contributed by atoms with van der Waals surface area (Å²) in [5, 5.41) is 6.97. The second kappa shape index (κ2) is 7.44. The highest BCUT2D eigenvalue weighted by molar-refractivity contribution is 6.67. The van der Waals surface area contributed by atoms with Gasteiger partial charge in [-0.2, -0.15) is 5.10 Å². The molecule has 2 rings (SSSR count). The van der Waals surface area contributed by atoms with Crippen LogP contribution in [0.25, 0.3) is 5.69 Å². The summed E-state index contributed by atoms with van der Waals surface area (Å²) >= 11 is 16.8. The maximum absolute atomic E-state index is 12.0. The molecule has 0 unspecified atom stereocenters. The average Bonchev–Trinajstić information content (AvgIpc) is 2.99. The standard InChI is InChI=1S/C17H20Cl3N3O2/c1-11-13(16(2,3)4)8-12(23-7-5-6-21-23)9-14(11)22-15(24)25-10-17(18,19)20/h5-9H,10H2,1-4H3,(H,22,24). The Bertz CT molecular complexity index is 748. The van der Waals surface area contributed by atoms with E-state index < -0.39 is 9.89 Å². The van der Waals surface area contributed by atoms with Crippen LogP contribution in [0.3, 0.4) is 0 Å². The predicted octanol–water partition coefficient (Wildman–Crippen LogP) is 5.40. The molecule has 25 heavy (non-hydrogen) atoms. The molecule has 5 nitrogen and oxygen atoms in total. The van der Waals surface area contributed by atoms with Crippen LogP contribution in [0.4, 0.5) is 10.5 Å². The molecule has 1 heterocycles. The number of carbonyl (C=O) groups is 1. The highest BCUT2D eigenvalue weighted by Crippen LogP contribution is 2.33. The van der Waals surface area contributed by atoms with Crippen molar-refractivity contribution in [2.45, 2.75) is 36.9 Å². The lowest BCUT2D eigenvalue weighted by Crippen LogP contribution is -2.22. The maximum Gasteiger partial charge on any atom is 0.411 e. The fraction of sp³-hybridized carbons (Fsp3) is 0.412. The molecule has 0 saturated heterocycles. The second-order valence-corrected chi connectivity index (χ2v) is 9.20. The summed E-state index contributed by atoms with van der Waals surface area (Å²) in [4.78, 5) is 12.0. The van der Waals surface area contributed by atoms with Crippen LogP contribution in [-0.2, 0) is 10.2 Å². The molecule has 0 fully saturated rings. The van der Waals surface area contributed by atoms with Gasteiger partial charge in [0.1, 0.15) is 6.61 Å². The van der Waals surface area contributed by atoms with Crippen LogP contribution in [0.1, 0.15) is 31.9 Å². The van der Waals surface area contributed by atoms with E-state index in [-0.39, 0.29) is 12.0 Å². The Kier molecular flexibility index (Phi) is 5.92. The van der Waals surface area contributed by atoms with Gasteiger partial charge in [0.2, 0.25) is 3.79 Å². The van der Waals surface area contributed by atoms with Crippen LogP contribution in [0.2, 0.25) is 0 Å². The van der Waals surface area contributed by atoms with Gasteiger partial charge in [0, 0.05) is 18.1 Å². The Hall–Kier alpha value is -1.43. The Balaban J connectivity index is 2.36. The van der Waals surface area contributed by atoms with Crippen LogP contribution in [0.15, 0.2) is 30.6 Å². The van der Waals surface area contributed by atoms with Crippen LogP contribution < -0.4 is 5.32 Å². The van der Waals surface area contributed by atoms with Crippen LogP contribution >= 0.6 is 34.8 Å². The number of benzene rings is 1. The first-order valence-corrected chi connectivity index (χ1v) is 8.76. The molecule has 1 aromatic heterocycles. The smallest absolute Gasteiger partial charge is 0.411 e. The highest BCUT2D eigenvalue weighted by Gasteiger charge is 2.24. The molecule has 0 spiro atoms. The number of amides is 1. The largest absolute Gasteiger partial charge is 0.445 e. The summed E-state index contributed by atoms with van der Waals surface area (Å²) < 4.78 is 5.03. The molecule has 0 radical (unpaired) electrons. The van der Waals surface area contributed by atoms with Crippen LogP contribution in [0, 0.1) is 6.92 Å². The van der Waals surface area contributed by atoms with Gasteiger partial charge in [-0.05, 0) is 41.7 Å². The number of anilines is 1. The summed E-state index contributed by atoms with van der Waals surface area (Å²) in [7, 11) is 0. The molecule has 0 aliphatic carbocycles. The molecule has 136 valence electrons. The quantitative estimate of drug-likeness (QED) is 0.697. The molecule has 1 aromatic carbocycles. The summed E-state index contributed by atoms with van der Waals surface area (Å²) in [6, 6.07) is 5.72. The molecule has 0 atom stereocenters. The average molecular weight is 405 g/mol. The zero-order valence-electron chi connectivity index (χ0n) is 14.4. The number of alkyl halides is 3. The molecule has 0 aliphatic heterocycles. The van der Waals surface area contributed by atoms with Crippen LogP contribution in [0.5, 0.6) is 0 Å². The minimum absolute atomic E-state index is 0.120. The lowest BCUT2D eigenvalue weighted by Gasteiger charge is -2.25. The number of hydrogen-bond donors (Lipinski definition) is 1. The number of carbonyl (C=O) groups excluding carboxylic acids is 1. The third kappa shape index (κ3) is 5.53. The molecule has 0 aliphatic rings. The monoisotopic (exact) mass is 403 g/mol. The number of nitrogens with one attached hydrogen (secondary N) is 1. The van der Waals surface area contributed by atoms with Gasteiger partial charge in [-0.15, -0.1) is 0 Å². The Morgan fingerprint density at radius 2 is 1.96 bits per heavy atom. The first-order valence-electron chi connectivity index (χ1n) is 7.63. The first-order chi connectivity index (χ1) is 11.5. The van der Waals surface area contributed by atoms with Gasteiger partial charge in [0.05, 0.1) is 5.69 Å². The van der Waals surface area contributed by atoms with Gasteiger partial charge in [-0.3, -0.25) is 5.32 Å². The summed E-state index contributed by atoms with van der Waals surface area (Å²) in [6.07, 6.45) is 2.84. The topological polar surface area (TPSA) is 56.1 Å². The zero-order valence-corrected chi connectivity index (χ0v) is 16.7. The van der Waals surface area contributed by atoms with Crippen molar-refractivity contribution in [3.05, 3.63) is 41.7 Å². The molecular weight excluding hydrogens is 385 g/mol. The van der Waals surface area contributed by atoms with E-state index in [1.54, 1.807) is 10.9 Å². The lowest BCUT2D eigenvalue weighted by molar-refractivity contribution is 0.164. The lowest BCUT2D eigenvalue weighted by atomic mass is 9.83. The predicted molar refractivity (Wildman–Crippen MR) is 102 cm³/mol. The molecule has 2 aromatic rings. The zero-order chi connectivity index (χ0) is 18.8. The summed E-state index contributed by atoms with van der Waals surface area (Å²) in [5.74, 6) is 0. The van der Waals surface area contributed by atoms with E-state index in [1.165, 1.54) is 0 Å². The third-order valence-electron chi connectivity index (χ3n) is 3.57. The first kappa shape index (κ1) is 19.9. The van der Waals surface area contributed by atoms with E-state index in [0.717, 1.165) is 16.8 Å². The number of ether oxygens (including phenoxy) is 1. The fourth-order valence-electron chi connectivity index (χ4n) is 2.46. The van der Waals surface area contributed by atoms with Crippen molar-refractivity contribution >= 4 is 46.6 Å². The van der Waals surface area contributed by atoms with Crippen molar-refractivity contribution in [3.8, 4) is 5.69 Å². The number of hydrogen-bond acceptors (Lipinski definition) is 3. The van der Waals surface area contributed by atoms with Gasteiger partial charge in [-0.1, -0.05) is 55.6 Å². The van der Waals surface area contributed by atoms with Crippen molar-refractivity contribution < 1.29 is 9.53 Å². The number of halogens is 3. The third-order valence-corrected chi connectivity index (χ3v) is 3.90. The molecule has 1 amide bonds. The highest BCUT2D eigenvalue weighted by atomic mass is 35.6. The summed E-state index contributed by atoms with van der Waals surface area (Å²) in [6.45, 7) is 7.92. The molecule has 0 bridgehead atoms. The van der Waals surface area contributed by atoms with Gasteiger partial charge in [-0.25, -0.2) is 9.48 Å². The fourth-order valence-corrected chi connectivity index (χ4v) is 2.62. The van der Waals surface area contributed by atoms with E-state index in [0.29, 0.717) is 5.69 Å². The van der Waals surface area contributed by atoms with E-state index in [2.05, 4.69) is 37.3 Å².